The summed E-state index contributed by atoms with van der Waals surface area (Å²) in [5.74, 6) is -0.120. The highest BCUT2D eigenvalue weighted by Crippen LogP contribution is 2.50. The number of rotatable bonds is 13. The first kappa shape index (κ1) is 81.6. The molecule has 7 aromatic carbocycles. The number of pyridine rings is 4. The fourth-order valence-corrected chi connectivity index (χ4v) is 21.8. The van der Waals surface area contributed by atoms with E-state index < -0.39 is 89.1 Å². The molecule has 120 heavy (non-hydrogen) atoms. The van der Waals surface area contributed by atoms with Gasteiger partial charge in [-0.25, -0.2) is 61.9 Å². The Morgan fingerprint density at radius 2 is 0.883 bits per heavy atom. The number of allylic oxidation sites excluding steroid dienone is 6. The number of carbonyl (C=O) groups excluding carboxylic acids is 3. The molecule has 0 fully saturated rings. The molecule has 22 nitrogen and oxygen atoms in total. The van der Waals surface area contributed by atoms with Crippen molar-refractivity contribution in [3.63, 3.8) is 0 Å². The van der Waals surface area contributed by atoms with Gasteiger partial charge >= 0.3 is 11.6 Å². The van der Waals surface area contributed by atoms with Gasteiger partial charge in [0.15, 0.2) is 37.9 Å². The van der Waals surface area contributed by atoms with Crippen LogP contribution in [-0.2, 0) is 57.2 Å². The van der Waals surface area contributed by atoms with Gasteiger partial charge in [0.25, 0.3) is 0 Å². The van der Waals surface area contributed by atoms with Crippen molar-refractivity contribution >= 4 is 90.1 Å². The molecule has 1 aliphatic carbocycles. The molecule has 1 atom stereocenters. The van der Waals surface area contributed by atoms with Crippen LogP contribution >= 0.6 is 0 Å². The number of aromatic nitrogens is 8. The highest BCUT2D eigenvalue weighted by Gasteiger charge is 2.45. The number of amides is 1. The zero-order chi connectivity index (χ0) is 84.7. The molecule has 4 aliphatic heterocycles. The molecule has 1 unspecified atom stereocenters. The maximum atomic E-state index is 13.2. The summed E-state index contributed by atoms with van der Waals surface area (Å²) < 4.78 is 112. The number of fused-ring (bicyclic) bond motifs is 6. The highest BCUT2D eigenvalue weighted by atomic mass is 32.2. The Labute approximate surface area is 694 Å². The van der Waals surface area contributed by atoms with Crippen molar-refractivity contribution in [1.82, 2.24) is 19.9 Å². The molecule has 0 bridgehead atoms. The van der Waals surface area contributed by atoms with Crippen LogP contribution in [0.1, 0.15) is 96.0 Å². The van der Waals surface area contributed by atoms with E-state index in [9.17, 15) is 58.3 Å². The van der Waals surface area contributed by atoms with Crippen LogP contribution in [0.25, 0.3) is 67.2 Å². The summed E-state index contributed by atoms with van der Waals surface area (Å²) in [4.78, 5) is 53.4. The maximum absolute atomic E-state index is 13.2. The monoisotopic (exact) mass is 1670 g/mol. The average molecular weight is 1670 g/mol. The van der Waals surface area contributed by atoms with E-state index in [0.29, 0.717) is 12.2 Å². The van der Waals surface area contributed by atoms with Gasteiger partial charge in [-0.1, -0.05) is 161 Å². The van der Waals surface area contributed by atoms with E-state index in [1.54, 1.807) is 24.3 Å². The van der Waals surface area contributed by atoms with Gasteiger partial charge in [0, 0.05) is 66.3 Å². The van der Waals surface area contributed by atoms with E-state index in [0.717, 1.165) is 75.2 Å². The number of Topliss-reactive ketones (excluding diaryl/α,β-unsaturated/α-hetero) is 2. The molecular weight excluding hydrogens is 1590 g/mol. The van der Waals surface area contributed by atoms with E-state index in [1.807, 2.05) is 98.0 Å². The lowest BCUT2D eigenvalue weighted by Gasteiger charge is -2.33. The van der Waals surface area contributed by atoms with Gasteiger partial charge in [-0.15, -0.1) is 0 Å². The normalized spacial score (nSPS) is 17.3. The molecule has 0 spiro atoms. The van der Waals surface area contributed by atoms with Gasteiger partial charge in [-0.3, -0.25) is 14.4 Å². The van der Waals surface area contributed by atoms with Gasteiger partial charge in [-0.05, 0) is 176 Å². The molecule has 0 saturated carbocycles. The number of aryl methyl sites for hydroxylation is 2. The zero-order valence-electron chi connectivity index (χ0n) is 65.9. The van der Waals surface area contributed by atoms with Crippen LogP contribution < -0.4 is 34.2 Å². The van der Waals surface area contributed by atoms with Crippen molar-refractivity contribution in [3.8, 4) is 33.9 Å². The molecule has 18 rings (SSSR count). The first-order valence-corrected chi connectivity index (χ1v) is 44.3. The lowest BCUT2D eigenvalue weighted by Crippen LogP contribution is -2.35. The largest absolute Gasteiger partial charge is 0.871 e. The molecule has 0 saturated heterocycles. The van der Waals surface area contributed by atoms with Crippen LogP contribution in [0, 0.1) is 25.2 Å². The lowest BCUT2D eigenvalue weighted by molar-refractivity contribution is -0.702. The molecule has 0 radical (unpaired) electrons. The third kappa shape index (κ3) is 16.0. The van der Waals surface area contributed by atoms with Crippen molar-refractivity contribution < 1.29 is 76.5 Å². The third-order valence-electron chi connectivity index (χ3n) is 21.2. The van der Waals surface area contributed by atoms with E-state index in [2.05, 4.69) is 159 Å². The Balaban J connectivity index is 0.000000126. The molecule has 5 aliphatic rings. The van der Waals surface area contributed by atoms with E-state index in [1.165, 1.54) is 102 Å². The predicted octanol–water partition coefficient (Wildman–Crippen LogP) is 12.1. The third-order valence-corrected chi connectivity index (χ3v) is 28.7. The minimum Gasteiger partial charge on any atom is -0.871 e. The number of ketones is 2. The minimum absolute atomic E-state index is 0.0459. The Hall–Kier alpha value is -13.5. The second-order valence-electron chi connectivity index (χ2n) is 30.3. The van der Waals surface area contributed by atoms with Crippen LogP contribution in [-0.4, -0.2) is 71.1 Å². The van der Waals surface area contributed by atoms with Crippen molar-refractivity contribution in [2.45, 2.75) is 93.5 Å². The standard InChI is InChI=1S/C28H22N6.C24H20O6S2.C22H26N2.C20H13NO7S2/c1-19-29-25-9-5-3-7-23(25)27(31-19)33-15-11-21(12-16-33)22-13-17-34(18-14-22)28-24-8-4-6-10-26(24)30-20(2)32-28;1-24(2)12-14(22-20(25)16-7-3-5-9-18(16)31(22,27)28)11-15(13-24)23-21(26)17-8-4-6-10-19(17)32(23,29)30;1-3-19(2)17-23-13-9-21(10-14-23)22-11-15-24(16-12-22)18-20-7-5-4-6-8-20;21-20(24)11(9-16-18(22)12-5-1-3-7-14(12)29(16,25)26)10-17-19(23)13-6-2-4-8-15(13)30(17,27)28/h3-18H,1-2H3;3-11,25H,12-13H2,1-2H3;4-16,19H,3,17-18H2,1-2H3;1-10,22H,(H2,21,24)/q+2;;+2;/p-2. The van der Waals surface area contributed by atoms with E-state index >= 15 is 0 Å². The Morgan fingerprint density at radius 1 is 0.475 bits per heavy atom. The molecule has 600 valence electrons. The fourth-order valence-electron chi connectivity index (χ4n) is 15.2. The van der Waals surface area contributed by atoms with E-state index in [4.69, 9.17) is 5.73 Å². The number of sulfone groups is 4. The van der Waals surface area contributed by atoms with Crippen molar-refractivity contribution in [2.75, 3.05) is 0 Å². The molecule has 10 heterocycles. The second-order valence-corrected chi connectivity index (χ2v) is 37.8. The van der Waals surface area contributed by atoms with Gasteiger partial charge in [0.05, 0.1) is 76.0 Å². The molecule has 1 amide bonds. The number of nitrogens with zero attached hydrogens (tertiary/aromatic N) is 8. The number of para-hydroxylation sites is 2. The van der Waals surface area contributed by atoms with Crippen LogP contribution in [0.3, 0.4) is 0 Å². The van der Waals surface area contributed by atoms with Crippen LogP contribution in [0.15, 0.2) is 348 Å². The molecule has 6 aromatic heterocycles. The summed E-state index contributed by atoms with van der Waals surface area (Å²) in [5.41, 5.74) is 12.7. The van der Waals surface area contributed by atoms with Crippen molar-refractivity contribution in [3.05, 3.63) is 368 Å². The number of primary amides is 1. The van der Waals surface area contributed by atoms with Crippen LogP contribution in [0.2, 0.25) is 0 Å². The SMILES string of the molecule is CC1(C)CC(C2=C([O-])c3ccccc3S2(=O)=O)=CC(=C2C(=O)c3ccccc3S2(=O)=O)C1.CCC(C)C[n+]1ccc(-c2cc[n+](Cc3ccccc3)cc2)cc1.Cc1nc(-[n+]2ccc(-c3cc[n+](-c4nc(C)nc5ccccc45)cc3)cc2)c2ccccc2n1.NC(=O)C(=CC1=C([O-])c2ccccc2S1(=O)=O)C=C1C(=O)c2ccccc2S1(=O)=O. The Morgan fingerprint density at radius 3 is 1.35 bits per heavy atom. The summed E-state index contributed by atoms with van der Waals surface area (Å²) >= 11 is 0. The van der Waals surface area contributed by atoms with Crippen molar-refractivity contribution in [1.29, 1.82) is 0 Å². The van der Waals surface area contributed by atoms with Gasteiger partial charge in [0.2, 0.25) is 68.5 Å². The number of hydrogen-bond acceptors (Lipinski definition) is 17. The Kier molecular flexibility index (Phi) is 22.3. The minimum atomic E-state index is -4.23. The highest BCUT2D eigenvalue weighted by molar-refractivity contribution is 7.97. The number of nitrogens with two attached hydrogens (primary N) is 1. The first-order valence-electron chi connectivity index (χ1n) is 38.4. The van der Waals surface area contributed by atoms with Gasteiger partial charge < -0.3 is 15.9 Å². The smallest absolute Gasteiger partial charge is 0.339 e. The van der Waals surface area contributed by atoms with Crippen LogP contribution in [0.5, 0.6) is 0 Å². The average Bonchev–Trinajstić information content (AvgIpc) is 1.58. The summed E-state index contributed by atoms with van der Waals surface area (Å²) in [6.07, 6.45) is 21.5. The predicted molar refractivity (Wildman–Crippen MR) is 448 cm³/mol. The lowest BCUT2D eigenvalue weighted by atomic mass is 9.74. The molecule has 13 aromatic rings. The number of carbonyl (C=O) groups is 3. The summed E-state index contributed by atoms with van der Waals surface area (Å²) in [6, 6.07) is 67.0. The zero-order valence-corrected chi connectivity index (χ0v) is 69.2. The van der Waals surface area contributed by atoms with Crippen molar-refractivity contribution in [2.24, 2.45) is 17.1 Å². The maximum Gasteiger partial charge on any atom is 0.339 e. The topological polar surface area (TPSA) is 327 Å². The second kappa shape index (κ2) is 32.8. The summed E-state index contributed by atoms with van der Waals surface area (Å²) in [5, 5.41) is 27.7. The number of benzene rings is 7. The molecule has 2 N–H and O–H groups in total. The fraction of sp³-hybridized carbons (Fsp3) is 0.138. The van der Waals surface area contributed by atoms with Crippen LogP contribution in [0.4, 0.5) is 0 Å². The van der Waals surface area contributed by atoms with Gasteiger partial charge in [0.1, 0.15) is 9.81 Å². The summed E-state index contributed by atoms with van der Waals surface area (Å²) in [7, 11) is -16.6. The van der Waals surface area contributed by atoms with E-state index in [-0.39, 0.29) is 75.6 Å². The molecular formula is C94H79N9O13S4+2. The quantitative estimate of drug-likeness (QED) is 0.0828. The number of hydrogen-bond donors (Lipinski definition) is 1. The first-order chi connectivity index (χ1) is 57.4. The Bertz CT molecular complexity index is 6970. The van der Waals surface area contributed by atoms with Gasteiger partial charge in [-0.2, -0.15) is 0 Å². The summed E-state index contributed by atoms with van der Waals surface area (Å²) in [6.45, 7) is 14.1. The molecule has 26 heteroatoms.